The molecule has 2 nitrogen and oxygen atoms in total. The van der Waals surface area contributed by atoms with Gasteiger partial charge < -0.3 is 0 Å². The van der Waals surface area contributed by atoms with Gasteiger partial charge in [0.2, 0.25) is 0 Å². The van der Waals surface area contributed by atoms with Gasteiger partial charge in [0.1, 0.15) is 5.52 Å². The van der Waals surface area contributed by atoms with E-state index < -0.39 is 0 Å². The minimum absolute atomic E-state index is 1.00. The van der Waals surface area contributed by atoms with Crippen LogP contribution in [0, 0.1) is 3.57 Å². The highest BCUT2D eigenvalue weighted by Gasteiger charge is 2.02. The summed E-state index contributed by atoms with van der Waals surface area (Å²) in [5, 5.41) is 5.75. The number of benzene rings is 1. The Hall–Kier alpha value is -0.580. The van der Waals surface area contributed by atoms with Gasteiger partial charge in [0.25, 0.3) is 0 Å². The van der Waals surface area contributed by atoms with Gasteiger partial charge in [-0.3, -0.25) is 4.68 Å². The molecule has 3 heteroatoms. The maximum absolute atomic E-state index is 4.51. The molecule has 0 spiro atoms. The smallest absolute Gasteiger partial charge is 0.106 e. The van der Waals surface area contributed by atoms with Crippen molar-refractivity contribution in [2.24, 2.45) is 0 Å². The molecule has 1 aromatic carbocycles. The van der Waals surface area contributed by atoms with E-state index in [9.17, 15) is 0 Å². The van der Waals surface area contributed by atoms with Crippen molar-refractivity contribution >= 4 is 33.5 Å². The van der Waals surface area contributed by atoms with Crippen LogP contribution in [0.4, 0.5) is 0 Å². The average molecular weight is 286 g/mol. The Bertz CT molecular complexity index is 420. The molecule has 0 radical (unpaired) electrons. The first kappa shape index (κ1) is 8.99. The second-order valence-corrected chi connectivity index (χ2v) is 4.23. The lowest BCUT2D eigenvalue weighted by Crippen LogP contribution is -1.95. The first-order valence-electron chi connectivity index (χ1n) is 4.43. The van der Waals surface area contributed by atoms with E-state index in [1.165, 1.54) is 8.96 Å². The van der Waals surface area contributed by atoms with E-state index in [0.717, 1.165) is 18.5 Å². The van der Waals surface area contributed by atoms with E-state index in [4.69, 9.17) is 0 Å². The summed E-state index contributed by atoms with van der Waals surface area (Å²) in [6.45, 7) is 3.17. The maximum atomic E-state index is 4.51. The zero-order chi connectivity index (χ0) is 9.26. The van der Waals surface area contributed by atoms with E-state index in [1.807, 2.05) is 4.68 Å². The molecule has 0 fully saturated rings. The number of hydrogen-bond acceptors (Lipinski definition) is 1. The van der Waals surface area contributed by atoms with Gasteiger partial charge in [-0.15, -0.1) is 0 Å². The lowest BCUT2D eigenvalue weighted by molar-refractivity contribution is 0.608. The van der Waals surface area contributed by atoms with Crippen LogP contribution in [0.3, 0.4) is 0 Å². The molecule has 68 valence electrons. The molecule has 2 aromatic rings. The second-order valence-electron chi connectivity index (χ2n) is 3.07. The van der Waals surface area contributed by atoms with Crippen LogP contribution < -0.4 is 0 Å². The van der Waals surface area contributed by atoms with Crippen LogP contribution in [0.5, 0.6) is 0 Å². The summed E-state index contributed by atoms with van der Waals surface area (Å²) in [5.41, 5.74) is 1.12. The molecule has 0 saturated carbocycles. The third-order valence-electron chi connectivity index (χ3n) is 1.99. The summed E-state index contributed by atoms with van der Waals surface area (Å²) in [6, 6.07) is 6.27. The quantitative estimate of drug-likeness (QED) is 0.776. The van der Waals surface area contributed by atoms with E-state index in [1.54, 1.807) is 0 Å². The predicted octanol–water partition coefficient (Wildman–Crippen LogP) is 3.05. The largest absolute Gasteiger partial charge is 0.272 e. The minimum Gasteiger partial charge on any atom is -0.272 e. The maximum Gasteiger partial charge on any atom is 0.106 e. The van der Waals surface area contributed by atoms with Crippen molar-refractivity contribution in [2.75, 3.05) is 0 Å². The summed E-state index contributed by atoms with van der Waals surface area (Å²) in [5.74, 6) is 0. The fraction of sp³-hybridized carbons (Fsp3) is 0.300. The van der Waals surface area contributed by atoms with Gasteiger partial charge in [0.15, 0.2) is 0 Å². The molecular weight excluding hydrogens is 275 g/mol. The Morgan fingerprint density at radius 2 is 2.31 bits per heavy atom. The molecule has 1 aromatic heterocycles. The molecule has 0 aliphatic carbocycles. The second kappa shape index (κ2) is 3.65. The number of halogens is 1. The zero-order valence-electron chi connectivity index (χ0n) is 7.50. The van der Waals surface area contributed by atoms with Gasteiger partial charge in [-0.2, -0.15) is 5.10 Å². The molecule has 2 rings (SSSR count). The molecule has 0 saturated heterocycles. The van der Waals surface area contributed by atoms with E-state index in [0.29, 0.717) is 0 Å². The number of nitrogens with zero attached hydrogens (tertiary/aromatic N) is 2. The van der Waals surface area contributed by atoms with E-state index >= 15 is 0 Å². The molecule has 0 atom stereocenters. The van der Waals surface area contributed by atoms with Crippen LogP contribution >= 0.6 is 22.6 Å². The SMILES string of the molecule is CCCn1cc2cccc(I)c2n1. The molecule has 0 bridgehead atoms. The lowest BCUT2D eigenvalue weighted by atomic mass is 10.3. The van der Waals surface area contributed by atoms with Crippen molar-refractivity contribution in [3.63, 3.8) is 0 Å². The van der Waals surface area contributed by atoms with Crippen molar-refractivity contribution in [3.05, 3.63) is 28.0 Å². The highest BCUT2D eigenvalue weighted by molar-refractivity contribution is 14.1. The fourth-order valence-electron chi connectivity index (χ4n) is 1.40. The fourth-order valence-corrected chi connectivity index (χ4v) is 2.03. The van der Waals surface area contributed by atoms with Gasteiger partial charge in [0.05, 0.1) is 0 Å². The van der Waals surface area contributed by atoms with Crippen molar-refractivity contribution in [3.8, 4) is 0 Å². The van der Waals surface area contributed by atoms with Crippen LogP contribution in [0.25, 0.3) is 10.9 Å². The summed E-state index contributed by atoms with van der Waals surface area (Å²) in [6.07, 6.45) is 3.24. The number of aryl methyl sites for hydroxylation is 1. The van der Waals surface area contributed by atoms with Crippen LogP contribution in [0.2, 0.25) is 0 Å². The third kappa shape index (κ3) is 1.70. The molecule has 0 aliphatic rings. The predicted molar refractivity (Wildman–Crippen MR) is 62.7 cm³/mol. The highest BCUT2D eigenvalue weighted by Crippen LogP contribution is 2.18. The van der Waals surface area contributed by atoms with Gasteiger partial charge >= 0.3 is 0 Å². The van der Waals surface area contributed by atoms with Crippen molar-refractivity contribution < 1.29 is 0 Å². The van der Waals surface area contributed by atoms with E-state index in [-0.39, 0.29) is 0 Å². The Morgan fingerprint density at radius 1 is 1.46 bits per heavy atom. The number of aromatic nitrogens is 2. The Morgan fingerprint density at radius 3 is 3.00 bits per heavy atom. The van der Waals surface area contributed by atoms with Gasteiger partial charge in [-0.1, -0.05) is 19.1 Å². The Balaban J connectivity index is 2.55. The van der Waals surface area contributed by atoms with Crippen LogP contribution in [0.1, 0.15) is 13.3 Å². The van der Waals surface area contributed by atoms with Crippen molar-refractivity contribution in [1.29, 1.82) is 0 Å². The molecule has 1 heterocycles. The molecule has 0 N–H and O–H groups in total. The van der Waals surface area contributed by atoms with Crippen LogP contribution in [0.15, 0.2) is 24.4 Å². The molecule has 0 amide bonds. The normalized spacial score (nSPS) is 10.9. The van der Waals surface area contributed by atoms with Gasteiger partial charge in [0, 0.05) is 21.7 Å². The van der Waals surface area contributed by atoms with Crippen molar-refractivity contribution in [2.45, 2.75) is 19.9 Å². The topological polar surface area (TPSA) is 17.8 Å². The Labute approximate surface area is 91.1 Å². The molecule has 0 aliphatic heterocycles. The third-order valence-corrected chi connectivity index (χ3v) is 2.86. The van der Waals surface area contributed by atoms with E-state index in [2.05, 4.69) is 59.0 Å². The van der Waals surface area contributed by atoms with Crippen LogP contribution in [-0.2, 0) is 6.54 Å². The number of hydrogen-bond donors (Lipinski definition) is 0. The minimum atomic E-state index is 1.00. The zero-order valence-corrected chi connectivity index (χ0v) is 9.65. The van der Waals surface area contributed by atoms with Crippen molar-refractivity contribution in [1.82, 2.24) is 9.78 Å². The summed E-state index contributed by atoms with van der Waals surface area (Å²) in [7, 11) is 0. The van der Waals surface area contributed by atoms with Crippen LogP contribution in [-0.4, -0.2) is 9.78 Å². The molecular formula is C10H11IN2. The Kier molecular flexibility index (Phi) is 2.53. The average Bonchev–Trinajstić information content (AvgIpc) is 2.49. The lowest BCUT2D eigenvalue weighted by Gasteiger charge is -1.93. The molecule has 13 heavy (non-hydrogen) atoms. The van der Waals surface area contributed by atoms with Gasteiger partial charge in [-0.05, 0) is 35.1 Å². The monoisotopic (exact) mass is 286 g/mol. The first-order chi connectivity index (χ1) is 6.31. The highest BCUT2D eigenvalue weighted by atomic mass is 127. The molecule has 0 unspecified atom stereocenters. The number of fused-ring (bicyclic) bond motifs is 1. The first-order valence-corrected chi connectivity index (χ1v) is 5.51. The summed E-state index contributed by atoms with van der Waals surface area (Å²) < 4.78 is 3.25. The van der Waals surface area contributed by atoms with Gasteiger partial charge in [-0.25, -0.2) is 0 Å². The summed E-state index contributed by atoms with van der Waals surface area (Å²) in [4.78, 5) is 0. The number of rotatable bonds is 2. The summed E-state index contributed by atoms with van der Waals surface area (Å²) >= 11 is 2.32. The standard InChI is InChI=1S/C10H11IN2/c1-2-6-13-7-8-4-3-5-9(11)10(8)12-13/h3-5,7H,2,6H2,1H3.